The number of rotatable bonds is 1. The van der Waals surface area contributed by atoms with E-state index in [1.54, 1.807) is 0 Å². The third-order valence-corrected chi connectivity index (χ3v) is 11.1. The summed E-state index contributed by atoms with van der Waals surface area (Å²) >= 11 is -1.74. The van der Waals surface area contributed by atoms with Crippen molar-refractivity contribution < 1.29 is 0 Å². The predicted octanol–water partition coefficient (Wildman–Crippen LogP) is 3.62. The Kier molecular flexibility index (Phi) is 2.43. The summed E-state index contributed by atoms with van der Waals surface area (Å²) in [7, 11) is 0. The van der Waals surface area contributed by atoms with Gasteiger partial charge in [0, 0.05) is 0 Å². The molecular weight excluding hydrogens is 263 g/mol. The van der Waals surface area contributed by atoms with Crippen LogP contribution < -0.4 is 0 Å². The summed E-state index contributed by atoms with van der Waals surface area (Å²) in [6.45, 7) is 0. The van der Waals surface area contributed by atoms with Gasteiger partial charge in [0.15, 0.2) is 0 Å². The van der Waals surface area contributed by atoms with Crippen LogP contribution in [0, 0.1) is 11.8 Å². The average Bonchev–Trinajstić information content (AvgIpc) is 2.22. The predicted molar refractivity (Wildman–Crippen MR) is 61.5 cm³/mol. The average molecular weight is 281 g/mol. The molecule has 0 saturated carbocycles. The molecule has 70 valence electrons. The van der Waals surface area contributed by atoms with Crippen molar-refractivity contribution in [2.24, 2.45) is 11.8 Å². The van der Waals surface area contributed by atoms with Crippen LogP contribution in [0.25, 0.3) is 0 Å². The fourth-order valence-corrected chi connectivity index (χ4v) is 10.5. The normalized spacial score (nSPS) is 36.7. The third-order valence-electron chi connectivity index (χ3n) is 3.16. The molecule has 0 aliphatic heterocycles. The molecule has 1 heteroatoms. The SMILES string of the molecule is [CH3][Sn]([CH3])([CH3])[CH]1C2C=CC=CC1C=C2. The van der Waals surface area contributed by atoms with Crippen LogP contribution in [0.1, 0.15) is 0 Å². The standard InChI is InChI=1S/C9H9.3CH3.Sn/c1-2-4-9-6-5-8(3-1)7-9;;;;/h1-9H;3*1H3;. The minimum absolute atomic E-state index is 0.746. The monoisotopic (exact) mass is 282 g/mol. The van der Waals surface area contributed by atoms with E-state index in [-0.39, 0.29) is 0 Å². The van der Waals surface area contributed by atoms with Gasteiger partial charge in [0.1, 0.15) is 0 Å². The van der Waals surface area contributed by atoms with Crippen molar-refractivity contribution in [3.63, 3.8) is 0 Å². The molecule has 0 fully saturated rings. The minimum atomic E-state index is -1.74. The Hall–Kier alpha value is 0.0187. The number of hydrogen-bond donors (Lipinski definition) is 0. The Bertz CT molecular complexity index is 256. The van der Waals surface area contributed by atoms with Gasteiger partial charge in [-0.15, -0.1) is 0 Å². The second-order valence-corrected chi connectivity index (χ2v) is 20.6. The first kappa shape index (κ1) is 9.57. The Balaban J connectivity index is 2.33. The molecule has 0 nitrogen and oxygen atoms in total. The molecule has 0 saturated heterocycles. The van der Waals surface area contributed by atoms with Crippen LogP contribution >= 0.6 is 0 Å². The van der Waals surface area contributed by atoms with Gasteiger partial charge in [-0.25, -0.2) is 0 Å². The second kappa shape index (κ2) is 3.30. The summed E-state index contributed by atoms with van der Waals surface area (Å²) in [6.07, 6.45) is 14.0. The van der Waals surface area contributed by atoms with Gasteiger partial charge in [0.2, 0.25) is 0 Å². The molecule has 0 aromatic heterocycles. The van der Waals surface area contributed by atoms with Crippen LogP contribution in [0.3, 0.4) is 0 Å². The Morgan fingerprint density at radius 1 is 0.769 bits per heavy atom. The molecule has 13 heavy (non-hydrogen) atoms. The first-order chi connectivity index (χ1) is 6.09. The molecular formula is C12H18Sn. The summed E-state index contributed by atoms with van der Waals surface area (Å²) in [5.41, 5.74) is 0. The fraction of sp³-hybridized carbons (Fsp3) is 0.500. The summed E-state index contributed by atoms with van der Waals surface area (Å²) in [5, 5.41) is 0. The summed E-state index contributed by atoms with van der Waals surface area (Å²) in [5.74, 6) is 1.49. The van der Waals surface area contributed by atoms with Gasteiger partial charge in [0.25, 0.3) is 0 Å². The molecule has 2 rings (SSSR count). The van der Waals surface area contributed by atoms with Gasteiger partial charge >= 0.3 is 85.4 Å². The molecule has 0 heterocycles. The van der Waals surface area contributed by atoms with Crippen molar-refractivity contribution in [3.8, 4) is 0 Å². The van der Waals surface area contributed by atoms with E-state index in [0.717, 1.165) is 15.8 Å². The maximum absolute atomic E-state index is 2.55. The van der Waals surface area contributed by atoms with Crippen molar-refractivity contribution in [1.29, 1.82) is 0 Å². The van der Waals surface area contributed by atoms with Crippen molar-refractivity contribution in [2.45, 2.75) is 18.8 Å². The van der Waals surface area contributed by atoms with E-state index in [0.29, 0.717) is 0 Å². The van der Waals surface area contributed by atoms with Gasteiger partial charge in [-0.2, -0.15) is 0 Å². The molecule has 0 aromatic carbocycles. The second-order valence-electron chi connectivity index (χ2n) is 5.20. The van der Waals surface area contributed by atoms with E-state index in [4.69, 9.17) is 0 Å². The van der Waals surface area contributed by atoms with E-state index in [9.17, 15) is 0 Å². The van der Waals surface area contributed by atoms with E-state index in [1.807, 2.05) is 0 Å². The van der Waals surface area contributed by atoms with Gasteiger partial charge in [-0.3, -0.25) is 0 Å². The number of fused-ring (bicyclic) bond motifs is 2. The summed E-state index contributed by atoms with van der Waals surface area (Å²) in [6, 6.07) is 0. The first-order valence-electron chi connectivity index (χ1n) is 5.12. The molecule has 2 bridgehead atoms. The molecule has 0 aromatic rings. The third kappa shape index (κ3) is 1.78. The van der Waals surface area contributed by atoms with Crippen molar-refractivity contribution in [1.82, 2.24) is 0 Å². The van der Waals surface area contributed by atoms with Crippen LogP contribution in [0.4, 0.5) is 0 Å². The van der Waals surface area contributed by atoms with Gasteiger partial charge in [-0.05, 0) is 0 Å². The summed E-state index contributed by atoms with van der Waals surface area (Å²) < 4.78 is 0.962. The Morgan fingerprint density at radius 3 is 1.62 bits per heavy atom. The quantitative estimate of drug-likeness (QED) is 0.508. The van der Waals surface area contributed by atoms with Crippen molar-refractivity contribution >= 4 is 18.4 Å². The van der Waals surface area contributed by atoms with Gasteiger partial charge in [-0.1, -0.05) is 0 Å². The first-order valence-corrected chi connectivity index (χ1v) is 15.3. The van der Waals surface area contributed by atoms with Crippen LogP contribution in [0.5, 0.6) is 0 Å². The van der Waals surface area contributed by atoms with Crippen LogP contribution in [0.15, 0.2) is 36.5 Å². The van der Waals surface area contributed by atoms with E-state index in [2.05, 4.69) is 51.3 Å². The molecule has 2 aliphatic rings. The topological polar surface area (TPSA) is 0 Å². The van der Waals surface area contributed by atoms with Gasteiger partial charge < -0.3 is 0 Å². The molecule has 2 aliphatic carbocycles. The number of allylic oxidation sites excluding steroid dienone is 6. The van der Waals surface area contributed by atoms with Crippen LogP contribution in [-0.4, -0.2) is 18.4 Å². The molecule has 0 radical (unpaired) electrons. The zero-order valence-corrected chi connectivity index (χ0v) is 11.6. The van der Waals surface area contributed by atoms with Crippen molar-refractivity contribution in [3.05, 3.63) is 36.5 Å². The van der Waals surface area contributed by atoms with Gasteiger partial charge in [0.05, 0.1) is 0 Å². The van der Waals surface area contributed by atoms with Crippen LogP contribution in [-0.2, 0) is 0 Å². The van der Waals surface area contributed by atoms with Crippen molar-refractivity contribution in [2.75, 3.05) is 0 Å². The molecule has 0 amide bonds. The van der Waals surface area contributed by atoms with E-state index < -0.39 is 18.4 Å². The van der Waals surface area contributed by atoms with E-state index >= 15 is 0 Å². The fourth-order valence-electron chi connectivity index (χ4n) is 2.66. The summed E-state index contributed by atoms with van der Waals surface area (Å²) in [4.78, 5) is 7.66. The molecule has 2 atom stereocenters. The zero-order valence-electron chi connectivity index (χ0n) is 8.70. The molecule has 0 N–H and O–H groups in total. The Morgan fingerprint density at radius 2 is 1.23 bits per heavy atom. The zero-order chi connectivity index (χ0) is 9.47. The van der Waals surface area contributed by atoms with E-state index in [1.165, 1.54) is 0 Å². The van der Waals surface area contributed by atoms with Crippen LogP contribution in [0.2, 0.25) is 18.8 Å². The molecule has 2 unspecified atom stereocenters. The Labute approximate surface area is 85.3 Å². The maximum atomic E-state index is 2.55. The number of hydrogen-bond acceptors (Lipinski definition) is 0. The molecule has 0 spiro atoms.